The smallest absolute Gasteiger partial charge is 0.0766 e. The van der Waals surface area contributed by atoms with Crippen molar-refractivity contribution in [3.05, 3.63) is 42.2 Å². The van der Waals surface area contributed by atoms with Gasteiger partial charge in [0.2, 0.25) is 0 Å². The summed E-state index contributed by atoms with van der Waals surface area (Å²) < 4.78 is 2.16. The van der Waals surface area contributed by atoms with Crippen LogP contribution in [0, 0.1) is 11.3 Å². The standard InChI is InChI=1S/C16H15N3/c1-16(2,10-17)11-4-5-14-12(8-11)13-9-18-7-6-15(13)19(14)3/h4-9H,1-3H3. The zero-order chi connectivity index (χ0) is 13.6. The molecule has 3 aromatic rings. The van der Waals surface area contributed by atoms with Gasteiger partial charge in [0, 0.05) is 35.7 Å². The van der Waals surface area contributed by atoms with Gasteiger partial charge in [0.1, 0.15) is 0 Å². The van der Waals surface area contributed by atoms with E-state index >= 15 is 0 Å². The Bertz CT molecular complexity index is 819. The Morgan fingerprint density at radius 2 is 1.89 bits per heavy atom. The topological polar surface area (TPSA) is 41.6 Å². The number of benzene rings is 1. The van der Waals surface area contributed by atoms with Gasteiger partial charge in [-0.25, -0.2) is 0 Å². The first kappa shape index (κ1) is 11.7. The van der Waals surface area contributed by atoms with Crippen LogP contribution in [0.3, 0.4) is 0 Å². The summed E-state index contributed by atoms with van der Waals surface area (Å²) in [7, 11) is 2.06. The number of hydrogen-bond acceptors (Lipinski definition) is 2. The van der Waals surface area contributed by atoms with E-state index in [1.807, 2.05) is 32.2 Å². The molecule has 0 saturated heterocycles. The third kappa shape index (κ3) is 1.61. The highest BCUT2D eigenvalue weighted by Gasteiger charge is 2.21. The fraction of sp³-hybridized carbons (Fsp3) is 0.250. The SMILES string of the molecule is Cn1c2ccncc2c2cc(C(C)(C)C#N)ccc21. The van der Waals surface area contributed by atoms with Crippen molar-refractivity contribution in [1.82, 2.24) is 9.55 Å². The number of nitrogens with zero attached hydrogens (tertiary/aromatic N) is 3. The molecule has 2 aromatic heterocycles. The van der Waals surface area contributed by atoms with Gasteiger partial charge < -0.3 is 4.57 Å². The van der Waals surface area contributed by atoms with E-state index in [4.69, 9.17) is 0 Å². The molecule has 1 aromatic carbocycles. The van der Waals surface area contributed by atoms with Crippen molar-refractivity contribution in [2.24, 2.45) is 7.05 Å². The van der Waals surface area contributed by atoms with Crippen molar-refractivity contribution in [2.45, 2.75) is 19.3 Å². The van der Waals surface area contributed by atoms with Crippen molar-refractivity contribution in [1.29, 1.82) is 5.26 Å². The van der Waals surface area contributed by atoms with Crippen LogP contribution in [0.25, 0.3) is 21.8 Å². The van der Waals surface area contributed by atoms with Crippen LogP contribution in [-0.4, -0.2) is 9.55 Å². The lowest BCUT2D eigenvalue weighted by Crippen LogP contribution is -2.13. The molecule has 3 heteroatoms. The van der Waals surface area contributed by atoms with Gasteiger partial charge in [0.05, 0.1) is 17.0 Å². The second-order valence-corrected chi connectivity index (χ2v) is 5.42. The van der Waals surface area contributed by atoms with Gasteiger partial charge in [-0.05, 0) is 37.6 Å². The quantitative estimate of drug-likeness (QED) is 0.662. The van der Waals surface area contributed by atoms with Crippen molar-refractivity contribution in [3.8, 4) is 6.07 Å². The van der Waals surface area contributed by atoms with Crippen molar-refractivity contribution in [2.75, 3.05) is 0 Å². The Kier molecular flexibility index (Phi) is 2.36. The summed E-state index contributed by atoms with van der Waals surface area (Å²) >= 11 is 0. The highest BCUT2D eigenvalue weighted by molar-refractivity contribution is 6.07. The lowest BCUT2D eigenvalue weighted by Gasteiger charge is -2.15. The van der Waals surface area contributed by atoms with Crippen LogP contribution in [-0.2, 0) is 12.5 Å². The first-order chi connectivity index (χ1) is 9.04. The molecule has 3 rings (SSSR count). The zero-order valence-corrected chi connectivity index (χ0v) is 11.3. The molecule has 0 radical (unpaired) electrons. The fourth-order valence-electron chi connectivity index (χ4n) is 2.51. The largest absolute Gasteiger partial charge is 0.344 e. The molecule has 0 N–H and O–H groups in total. The second-order valence-electron chi connectivity index (χ2n) is 5.42. The number of nitriles is 1. The first-order valence-electron chi connectivity index (χ1n) is 6.28. The highest BCUT2D eigenvalue weighted by Crippen LogP contribution is 2.31. The second kappa shape index (κ2) is 3.83. The first-order valence-corrected chi connectivity index (χ1v) is 6.28. The molecule has 0 aliphatic carbocycles. The molecule has 0 atom stereocenters. The monoisotopic (exact) mass is 249 g/mol. The van der Waals surface area contributed by atoms with Gasteiger partial charge in [0.15, 0.2) is 0 Å². The number of fused-ring (bicyclic) bond motifs is 3. The highest BCUT2D eigenvalue weighted by atomic mass is 14.9. The summed E-state index contributed by atoms with van der Waals surface area (Å²) in [5.74, 6) is 0. The van der Waals surface area contributed by atoms with E-state index in [0.717, 1.165) is 21.9 Å². The summed E-state index contributed by atoms with van der Waals surface area (Å²) in [6.45, 7) is 3.88. The number of aryl methyl sites for hydroxylation is 1. The third-order valence-corrected chi connectivity index (χ3v) is 3.81. The van der Waals surface area contributed by atoms with Crippen LogP contribution in [0.2, 0.25) is 0 Å². The summed E-state index contributed by atoms with van der Waals surface area (Å²) in [5, 5.41) is 11.6. The molecule has 3 nitrogen and oxygen atoms in total. The molecule has 0 amide bonds. The molecule has 0 saturated carbocycles. The van der Waals surface area contributed by atoms with E-state index in [-0.39, 0.29) is 0 Å². The van der Waals surface area contributed by atoms with Gasteiger partial charge in [0.25, 0.3) is 0 Å². The average Bonchev–Trinajstić information content (AvgIpc) is 2.73. The maximum Gasteiger partial charge on any atom is 0.0766 e. The Labute approximate surface area is 112 Å². The number of pyridine rings is 1. The Balaban J connectivity index is 2.41. The minimum Gasteiger partial charge on any atom is -0.344 e. The molecule has 2 heterocycles. The van der Waals surface area contributed by atoms with Crippen LogP contribution >= 0.6 is 0 Å². The zero-order valence-electron chi connectivity index (χ0n) is 11.3. The molecule has 0 spiro atoms. The van der Waals surface area contributed by atoms with Gasteiger partial charge in [-0.1, -0.05) is 6.07 Å². The third-order valence-electron chi connectivity index (χ3n) is 3.81. The van der Waals surface area contributed by atoms with Crippen molar-refractivity contribution in [3.63, 3.8) is 0 Å². The molecular formula is C16H15N3. The van der Waals surface area contributed by atoms with Gasteiger partial charge in [-0.2, -0.15) is 5.26 Å². The van der Waals surface area contributed by atoms with E-state index < -0.39 is 5.41 Å². The van der Waals surface area contributed by atoms with Crippen LogP contribution in [0.1, 0.15) is 19.4 Å². The summed E-state index contributed by atoms with van der Waals surface area (Å²) in [4.78, 5) is 4.21. The van der Waals surface area contributed by atoms with Crippen molar-refractivity contribution < 1.29 is 0 Å². The average molecular weight is 249 g/mol. The lowest BCUT2D eigenvalue weighted by atomic mass is 9.86. The molecule has 0 bridgehead atoms. The molecule has 0 aliphatic rings. The predicted octanol–water partition coefficient (Wildman–Crippen LogP) is 3.53. The predicted molar refractivity (Wildman–Crippen MR) is 76.9 cm³/mol. The Hall–Kier alpha value is -2.34. The van der Waals surface area contributed by atoms with Gasteiger partial charge in [-0.15, -0.1) is 0 Å². The lowest BCUT2D eigenvalue weighted by molar-refractivity contribution is 0.688. The molecule has 0 unspecified atom stereocenters. The van der Waals surface area contributed by atoms with Crippen LogP contribution < -0.4 is 0 Å². The number of rotatable bonds is 1. The van der Waals surface area contributed by atoms with Gasteiger partial charge >= 0.3 is 0 Å². The molecule has 19 heavy (non-hydrogen) atoms. The molecule has 0 aliphatic heterocycles. The van der Waals surface area contributed by atoms with E-state index in [0.29, 0.717) is 0 Å². The number of aromatic nitrogens is 2. The maximum absolute atomic E-state index is 9.27. The molecule has 0 fully saturated rings. The van der Waals surface area contributed by atoms with Crippen LogP contribution in [0.5, 0.6) is 0 Å². The summed E-state index contributed by atoms with van der Waals surface area (Å²) in [5.41, 5.74) is 2.90. The van der Waals surface area contributed by atoms with Crippen LogP contribution in [0.15, 0.2) is 36.7 Å². The van der Waals surface area contributed by atoms with E-state index in [9.17, 15) is 5.26 Å². The van der Waals surface area contributed by atoms with Crippen molar-refractivity contribution >= 4 is 21.8 Å². The molecule has 94 valence electrons. The normalized spacial score (nSPS) is 11.9. The minimum absolute atomic E-state index is 0.474. The van der Waals surface area contributed by atoms with E-state index in [2.05, 4.69) is 34.8 Å². The Morgan fingerprint density at radius 1 is 1.16 bits per heavy atom. The molecular weight excluding hydrogens is 234 g/mol. The number of hydrogen-bond donors (Lipinski definition) is 0. The minimum atomic E-state index is -0.474. The maximum atomic E-state index is 9.27. The van der Waals surface area contributed by atoms with E-state index in [1.165, 1.54) is 5.52 Å². The fourth-order valence-corrected chi connectivity index (χ4v) is 2.51. The Morgan fingerprint density at radius 3 is 2.63 bits per heavy atom. The van der Waals surface area contributed by atoms with Crippen LogP contribution in [0.4, 0.5) is 0 Å². The summed E-state index contributed by atoms with van der Waals surface area (Å²) in [6, 6.07) is 10.6. The van der Waals surface area contributed by atoms with E-state index in [1.54, 1.807) is 6.20 Å². The summed E-state index contributed by atoms with van der Waals surface area (Å²) in [6.07, 6.45) is 3.70. The van der Waals surface area contributed by atoms with Gasteiger partial charge in [-0.3, -0.25) is 4.98 Å².